The summed E-state index contributed by atoms with van der Waals surface area (Å²) < 4.78 is 10.8. The van der Waals surface area contributed by atoms with E-state index in [2.05, 4.69) is 15.1 Å². The zero-order chi connectivity index (χ0) is 22.5. The number of nitrogens with zero attached hydrogens (tertiary/aromatic N) is 2. The van der Waals surface area contributed by atoms with E-state index in [0.717, 1.165) is 48.2 Å². The summed E-state index contributed by atoms with van der Waals surface area (Å²) in [5.74, 6) is 1.54. The summed E-state index contributed by atoms with van der Waals surface area (Å²) in [5, 5.41) is 3.08. The van der Waals surface area contributed by atoms with Crippen LogP contribution >= 0.6 is 0 Å². The second-order valence-electron chi connectivity index (χ2n) is 9.42. The highest BCUT2D eigenvalue weighted by Gasteiger charge is 2.25. The van der Waals surface area contributed by atoms with Gasteiger partial charge in [0.1, 0.15) is 0 Å². The molecule has 2 aromatic rings. The fourth-order valence-corrected chi connectivity index (χ4v) is 5.29. The van der Waals surface area contributed by atoms with Crippen LogP contribution in [0.4, 0.5) is 0 Å². The molecule has 0 radical (unpaired) electrons. The summed E-state index contributed by atoms with van der Waals surface area (Å²) in [6.07, 6.45) is 7.74. The second kappa shape index (κ2) is 10.6. The average molecular weight is 450 g/mol. The Morgan fingerprint density at radius 2 is 1.61 bits per heavy atom. The molecule has 3 heterocycles. The molecule has 2 fully saturated rings. The number of fused-ring (bicyclic) bond motifs is 1. The first kappa shape index (κ1) is 22.2. The van der Waals surface area contributed by atoms with Gasteiger partial charge in [-0.1, -0.05) is 24.6 Å². The van der Waals surface area contributed by atoms with Crippen LogP contribution in [-0.4, -0.2) is 67.8 Å². The van der Waals surface area contributed by atoms with Crippen LogP contribution < -0.4 is 14.8 Å². The molecule has 1 N–H and O–H groups in total. The topological polar surface area (TPSA) is 54.0 Å². The average Bonchev–Trinajstić information content (AvgIpc) is 3.35. The molecule has 6 nitrogen and oxygen atoms in total. The summed E-state index contributed by atoms with van der Waals surface area (Å²) in [4.78, 5) is 17.8. The number of carbonyl (C=O) groups is 1. The fraction of sp³-hybridized carbons (Fsp3) is 0.519. The first-order chi connectivity index (χ1) is 16.3. The van der Waals surface area contributed by atoms with Crippen molar-refractivity contribution in [3.8, 4) is 22.6 Å². The van der Waals surface area contributed by atoms with Gasteiger partial charge in [0, 0.05) is 18.2 Å². The molecule has 0 spiro atoms. The van der Waals surface area contributed by atoms with Crippen LogP contribution in [0.25, 0.3) is 11.1 Å². The van der Waals surface area contributed by atoms with Crippen molar-refractivity contribution in [3.63, 3.8) is 0 Å². The molecule has 0 atom stereocenters. The van der Waals surface area contributed by atoms with E-state index in [9.17, 15) is 4.79 Å². The number of hydrogen-bond acceptors (Lipinski definition) is 5. The highest BCUT2D eigenvalue weighted by Crippen LogP contribution is 2.35. The monoisotopic (exact) mass is 449 g/mol. The Labute approximate surface area is 196 Å². The van der Waals surface area contributed by atoms with Gasteiger partial charge in [0.25, 0.3) is 5.91 Å². The molecule has 2 saturated heterocycles. The van der Waals surface area contributed by atoms with Crippen LogP contribution in [0.2, 0.25) is 0 Å². The van der Waals surface area contributed by atoms with Crippen molar-refractivity contribution in [2.24, 2.45) is 0 Å². The largest absolute Gasteiger partial charge is 0.454 e. The minimum absolute atomic E-state index is 0.00366. The number of carbonyl (C=O) groups excluding carboxylic acids is 1. The fourth-order valence-electron chi connectivity index (χ4n) is 5.29. The number of nitrogens with one attached hydrogen (secondary N) is 1. The third-order valence-electron chi connectivity index (χ3n) is 7.25. The Bertz CT molecular complexity index is 932. The summed E-state index contributed by atoms with van der Waals surface area (Å²) in [6.45, 7) is 7.04. The van der Waals surface area contributed by atoms with E-state index in [1.54, 1.807) is 0 Å². The molecule has 6 heteroatoms. The van der Waals surface area contributed by atoms with Crippen LogP contribution in [0.5, 0.6) is 11.5 Å². The summed E-state index contributed by atoms with van der Waals surface area (Å²) >= 11 is 0. The molecule has 176 valence electrons. The van der Waals surface area contributed by atoms with Gasteiger partial charge in [0.05, 0.1) is 0 Å². The number of ether oxygens (including phenoxy) is 2. The molecule has 0 saturated carbocycles. The lowest BCUT2D eigenvalue weighted by molar-refractivity contribution is 0.0903. The van der Waals surface area contributed by atoms with Gasteiger partial charge in [0.15, 0.2) is 11.5 Å². The smallest absolute Gasteiger partial charge is 0.251 e. The van der Waals surface area contributed by atoms with Gasteiger partial charge in [-0.3, -0.25) is 4.79 Å². The molecular formula is C27H35N3O3. The van der Waals surface area contributed by atoms with E-state index in [1.807, 2.05) is 42.5 Å². The Kier molecular flexibility index (Phi) is 7.12. The van der Waals surface area contributed by atoms with Gasteiger partial charge in [-0.25, -0.2) is 0 Å². The molecule has 0 unspecified atom stereocenters. The van der Waals surface area contributed by atoms with Crippen molar-refractivity contribution in [2.75, 3.05) is 46.1 Å². The van der Waals surface area contributed by atoms with E-state index in [1.165, 1.54) is 58.3 Å². The molecule has 0 aliphatic carbocycles. The molecule has 0 aromatic heterocycles. The molecular weight excluding hydrogens is 414 g/mol. The van der Waals surface area contributed by atoms with Gasteiger partial charge in [-0.05, 0) is 100 Å². The first-order valence-electron chi connectivity index (χ1n) is 12.5. The number of piperidine rings is 2. The lowest BCUT2D eigenvalue weighted by Gasteiger charge is -2.40. The normalized spacial score (nSPS) is 19.5. The number of benzene rings is 2. The van der Waals surface area contributed by atoms with Gasteiger partial charge in [-0.2, -0.15) is 0 Å². The van der Waals surface area contributed by atoms with Gasteiger partial charge >= 0.3 is 0 Å². The van der Waals surface area contributed by atoms with Crippen molar-refractivity contribution >= 4 is 5.91 Å². The third kappa shape index (κ3) is 5.50. The van der Waals surface area contributed by atoms with Crippen molar-refractivity contribution in [3.05, 3.63) is 48.0 Å². The molecule has 0 bridgehead atoms. The maximum atomic E-state index is 12.5. The van der Waals surface area contributed by atoms with Crippen LogP contribution in [0.1, 0.15) is 48.9 Å². The van der Waals surface area contributed by atoms with Crippen molar-refractivity contribution in [1.29, 1.82) is 0 Å². The van der Waals surface area contributed by atoms with Gasteiger partial charge in [0.2, 0.25) is 6.79 Å². The highest BCUT2D eigenvalue weighted by atomic mass is 16.7. The van der Waals surface area contributed by atoms with Crippen LogP contribution in [-0.2, 0) is 0 Å². The predicted octanol–water partition coefficient (Wildman–Crippen LogP) is 4.15. The predicted molar refractivity (Wildman–Crippen MR) is 130 cm³/mol. The van der Waals surface area contributed by atoms with Crippen LogP contribution in [0, 0.1) is 0 Å². The lowest BCUT2D eigenvalue weighted by atomic mass is 10.00. The van der Waals surface area contributed by atoms with Crippen molar-refractivity contribution < 1.29 is 14.3 Å². The minimum Gasteiger partial charge on any atom is -0.454 e. The van der Waals surface area contributed by atoms with E-state index in [0.29, 0.717) is 5.56 Å². The molecule has 3 aliphatic rings. The quantitative estimate of drug-likeness (QED) is 0.644. The second-order valence-corrected chi connectivity index (χ2v) is 9.42. The maximum absolute atomic E-state index is 12.5. The molecule has 33 heavy (non-hydrogen) atoms. The molecule has 1 amide bonds. The summed E-state index contributed by atoms with van der Waals surface area (Å²) in [5.41, 5.74) is 2.80. The highest BCUT2D eigenvalue weighted by molar-refractivity contribution is 5.94. The minimum atomic E-state index is -0.00366. The lowest BCUT2D eigenvalue weighted by Crippen LogP contribution is -2.47. The molecule has 2 aromatic carbocycles. The Balaban J connectivity index is 1.03. The van der Waals surface area contributed by atoms with Gasteiger partial charge in [-0.15, -0.1) is 0 Å². The first-order valence-corrected chi connectivity index (χ1v) is 12.5. The van der Waals surface area contributed by atoms with Gasteiger partial charge < -0.3 is 24.6 Å². The number of amides is 1. The Hall–Kier alpha value is -2.57. The number of rotatable bonds is 7. The number of likely N-dealkylation sites (tertiary alicyclic amines) is 2. The van der Waals surface area contributed by atoms with Crippen LogP contribution in [0.15, 0.2) is 42.5 Å². The maximum Gasteiger partial charge on any atom is 0.251 e. The summed E-state index contributed by atoms with van der Waals surface area (Å²) in [7, 11) is 0. The van der Waals surface area contributed by atoms with E-state index in [-0.39, 0.29) is 12.7 Å². The third-order valence-corrected chi connectivity index (χ3v) is 7.25. The standard InChI is InChI=1S/C27H35N3O3/c31-27(22-7-5-21(6-8-22)23-9-10-25-26(19-23)33-20-32-25)28-13-4-14-29-17-11-24(12-18-29)30-15-2-1-3-16-30/h5-10,19,24H,1-4,11-18,20H2,(H,28,31). The SMILES string of the molecule is O=C(NCCCN1CCC(N2CCCCC2)CC1)c1ccc(-c2ccc3c(c2)OCO3)cc1. The Morgan fingerprint density at radius 3 is 2.39 bits per heavy atom. The van der Waals surface area contributed by atoms with Crippen molar-refractivity contribution in [1.82, 2.24) is 15.1 Å². The summed E-state index contributed by atoms with van der Waals surface area (Å²) in [6, 6.07) is 14.5. The van der Waals surface area contributed by atoms with Crippen molar-refractivity contribution in [2.45, 2.75) is 44.6 Å². The number of hydrogen-bond donors (Lipinski definition) is 1. The van der Waals surface area contributed by atoms with Crippen LogP contribution in [0.3, 0.4) is 0 Å². The Morgan fingerprint density at radius 1 is 0.879 bits per heavy atom. The molecule has 3 aliphatic heterocycles. The zero-order valence-corrected chi connectivity index (χ0v) is 19.4. The van der Waals surface area contributed by atoms with E-state index >= 15 is 0 Å². The van der Waals surface area contributed by atoms with E-state index in [4.69, 9.17) is 9.47 Å². The van der Waals surface area contributed by atoms with E-state index < -0.39 is 0 Å². The zero-order valence-electron chi connectivity index (χ0n) is 19.4. The molecule has 5 rings (SSSR count).